The molecule has 0 radical (unpaired) electrons. The van der Waals surface area contributed by atoms with Gasteiger partial charge in [0.25, 0.3) is 5.91 Å². The van der Waals surface area contributed by atoms with Gasteiger partial charge in [0, 0.05) is 38.9 Å². The number of likely N-dealkylation sites (N-methyl/N-ethyl adjacent to an activating group) is 1. The van der Waals surface area contributed by atoms with Crippen LogP contribution in [0.1, 0.15) is 36.7 Å². The maximum Gasteiger partial charge on any atom is 0.289 e. The lowest BCUT2D eigenvalue weighted by atomic mass is 9.93. The lowest BCUT2D eigenvalue weighted by Gasteiger charge is -2.26. The van der Waals surface area contributed by atoms with Crippen LogP contribution in [0.4, 0.5) is 0 Å². The summed E-state index contributed by atoms with van der Waals surface area (Å²) in [6.45, 7) is 3.45. The Balaban J connectivity index is 1.76. The predicted octanol–water partition coefficient (Wildman–Crippen LogP) is 1.80. The van der Waals surface area contributed by atoms with Crippen LogP contribution in [-0.2, 0) is 9.53 Å². The Hall–Kier alpha value is -1.38. The first-order valence-corrected chi connectivity index (χ1v) is 9.22. The molecular weight excluding hydrogens is 392 g/mol. The molecule has 1 aliphatic heterocycles. The number of aliphatic hydroxyl groups is 1. The Labute approximate surface area is 155 Å². The number of amides is 2. The Bertz CT molecular complexity index is 585. The van der Waals surface area contributed by atoms with Crippen LogP contribution in [-0.4, -0.2) is 60.8 Å². The van der Waals surface area contributed by atoms with Gasteiger partial charge in [-0.05, 0) is 48.0 Å². The summed E-state index contributed by atoms with van der Waals surface area (Å²) in [6, 6.07) is 1.36. The zero-order chi connectivity index (χ0) is 18.4. The molecule has 2 atom stereocenters. The number of nitrogens with one attached hydrogen (secondary N) is 1. The SMILES string of the molecule is CC(CNC(=O)C(O)CC1CCOCC1)N(C)C(=O)c1cc(Br)co1. The highest BCUT2D eigenvalue weighted by Gasteiger charge is 2.24. The van der Waals surface area contributed by atoms with Crippen LogP contribution >= 0.6 is 15.9 Å². The molecule has 25 heavy (non-hydrogen) atoms. The first-order chi connectivity index (χ1) is 11.9. The zero-order valence-electron chi connectivity index (χ0n) is 14.5. The van der Waals surface area contributed by atoms with E-state index in [-0.39, 0.29) is 24.3 Å². The van der Waals surface area contributed by atoms with Gasteiger partial charge in [0.15, 0.2) is 5.76 Å². The summed E-state index contributed by atoms with van der Waals surface area (Å²) in [5.74, 6) is -0.129. The fraction of sp³-hybridized carbons (Fsp3) is 0.647. The maximum atomic E-state index is 12.3. The monoisotopic (exact) mass is 416 g/mol. The van der Waals surface area contributed by atoms with Crippen molar-refractivity contribution in [3.05, 3.63) is 22.6 Å². The van der Waals surface area contributed by atoms with Gasteiger partial charge in [-0.3, -0.25) is 9.59 Å². The molecule has 8 heteroatoms. The molecule has 2 N–H and O–H groups in total. The fourth-order valence-corrected chi connectivity index (χ4v) is 3.01. The second-order valence-corrected chi connectivity index (χ2v) is 7.36. The molecular formula is C17H25BrN2O5. The van der Waals surface area contributed by atoms with Crippen molar-refractivity contribution < 1.29 is 23.8 Å². The second-order valence-electron chi connectivity index (χ2n) is 6.45. The van der Waals surface area contributed by atoms with E-state index < -0.39 is 12.0 Å². The molecule has 1 aromatic heterocycles. The quantitative estimate of drug-likeness (QED) is 0.706. The Morgan fingerprint density at radius 2 is 2.12 bits per heavy atom. The summed E-state index contributed by atoms with van der Waals surface area (Å²) in [5.41, 5.74) is 0. The molecule has 7 nitrogen and oxygen atoms in total. The van der Waals surface area contributed by atoms with Crippen LogP contribution in [0, 0.1) is 5.92 Å². The van der Waals surface area contributed by atoms with Crippen LogP contribution in [0.3, 0.4) is 0 Å². The maximum absolute atomic E-state index is 12.3. The normalized spacial score (nSPS) is 17.8. The van der Waals surface area contributed by atoms with Crippen LogP contribution in [0.15, 0.2) is 21.2 Å². The van der Waals surface area contributed by atoms with Gasteiger partial charge >= 0.3 is 0 Å². The molecule has 0 bridgehead atoms. The molecule has 2 rings (SSSR count). The summed E-state index contributed by atoms with van der Waals surface area (Å²) >= 11 is 3.24. The molecule has 2 unspecified atom stereocenters. The minimum Gasteiger partial charge on any atom is -0.458 e. The van der Waals surface area contributed by atoms with Crippen LogP contribution in [0.5, 0.6) is 0 Å². The highest BCUT2D eigenvalue weighted by Crippen LogP contribution is 2.20. The number of hydrogen-bond donors (Lipinski definition) is 2. The first kappa shape index (κ1) is 19.9. The van der Waals surface area contributed by atoms with Crippen molar-refractivity contribution in [1.29, 1.82) is 0 Å². The number of furan rings is 1. The van der Waals surface area contributed by atoms with E-state index >= 15 is 0 Å². The van der Waals surface area contributed by atoms with Crippen molar-refractivity contribution in [1.82, 2.24) is 10.2 Å². The molecule has 1 aliphatic rings. The molecule has 0 aromatic carbocycles. The molecule has 1 saturated heterocycles. The zero-order valence-corrected chi connectivity index (χ0v) is 16.1. The van der Waals surface area contributed by atoms with E-state index in [2.05, 4.69) is 21.2 Å². The van der Waals surface area contributed by atoms with E-state index in [9.17, 15) is 14.7 Å². The van der Waals surface area contributed by atoms with E-state index in [4.69, 9.17) is 9.15 Å². The predicted molar refractivity (Wildman–Crippen MR) is 95.1 cm³/mol. The average Bonchev–Trinajstić information content (AvgIpc) is 3.05. The largest absolute Gasteiger partial charge is 0.458 e. The van der Waals surface area contributed by atoms with Gasteiger partial charge in [0.05, 0.1) is 4.47 Å². The molecule has 2 amide bonds. The van der Waals surface area contributed by atoms with Crippen LogP contribution < -0.4 is 5.32 Å². The molecule has 140 valence electrons. The van der Waals surface area contributed by atoms with Crippen LogP contribution in [0.25, 0.3) is 0 Å². The van der Waals surface area contributed by atoms with Crippen molar-refractivity contribution in [3.8, 4) is 0 Å². The van der Waals surface area contributed by atoms with Gasteiger partial charge < -0.3 is 24.5 Å². The summed E-state index contributed by atoms with van der Waals surface area (Å²) < 4.78 is 11.1. The summed E-state index contributed by atoms with van der Waals surface area (Å²) in [7, 11) is 1.65. The van der Waals surface area contributed by atoms with Gasteiger partial charge in [-0.25, -0.2) is 0 Å². The summed E-state index contributed by atoms with van der Waals surface area (Å²) in [4.78, 5) is 25.8. The number of carbonyl (C=O) groups excluding carboxylic acids is 2. The molecule has 2 heterocycles. The Morgan fingerprint density at radius 1 is 1.44 bits per heavy atom. The van der Waals surface area contributed by atoms with Crippen LogP contribution in [0.2, 0.25) is 0 Å². The minimum atomic E-state index is -1.03. The minimum absolute atomic E-state index is 0.229. The number of nitrogens with zero attached hydrogens (tertiary/aromatic N) is 1. The highest BCUT2D eigenvalue weighted by molar-refractivity contribution is 9.10. The number of carbonyl (C=O) groups is 2. The number of rotatable bonds is 7. The average molecular weight is 417 g/mol. The molecule has 1 aromatic rings. The molecule has 0 spiro atoms. The highest BCUT2D eigenvalue weighted by atomic mass is 79.9. The summed E-state index contributed by atoms with van der Waals surface area (Å²) in [6.07, 6.45) is 2.60. The smallest absolute Gasteiger partial charge is 0.289 e. The van der Waals surface area contributed by atoms with Gasteiger partial charge in [0.1, 0.15) is 12.4 Å². The van der Waals surface area contributed by atoms with E-state index in [1.165, 1.54) is 11.2 Å². The van der Waals surface area contributed by atoms with Crippen molar-refractivity contribution >= 4 is 27.7 Å². The Kier molecular flexibility index (Phi) is 7.46. The van der Waals surface area contributed by atoms with E-state index in [1.54, 1.807) is 13.1 Å². The van der Waals surface area contributed by atoms with Gasteiger partial charge in [-0.1, -0.05) is 0 Å². The van der Waals surface area contributed by atoms with Crippen molar-refractivity contribution in [3.63, 3.8) is 0 Å². The number of ether oxygens (including phenoxy) is 1. The topological polar surface area (TPSA) is 92.0 Å². The lowest BCUT2D eigenvalue weighted by molar-refractivity contribution is -0.130. The third-order valence-electron chi connectivity index (χ3n) is 4.53. The van der Waals surface area contributed by atoms with Gasteiger partial charge in [0.2, 0.25) is 5.91 Å². The lowest BCUT2D eigenvalue weighted by Crippen LogP contribution is -2.45. The van der Waals surface area contributed by atoms with Crippen molar-refractivity contribution in [2.24, 2.45) is 5.92 Å². The second kappa shape index (κ2) is 9.35. The van der Waals surface area contributed by atoms with Gasteiger partial charge in [-0.2, -0.15) is 0 Å². The molecule has 1 fully saturated rings. The first-order valence-electron chi connectivity index (χ1n) is 8.43. The van der Waals surface area contributed by atoms with Gasteiger partial charge in [-0.15, -0.1) is 0 Å². The molecule has 0 saturated carbocycles. The number of halogens is 1. The molecule has 0 aliphatic carbocycles. The van der Waals surface area contributed by atoms with Crippen molar-refractivity contribution in [2.45, 2.75) is 38.3 Å². The van der Waals surface area contributed by atoms with E-state index in [0.29, 0.717) is 30.0 Å². The van der Waals surface area contributed by atoms with E-state index in [1.807, 2.05) is 6.92 Å². The fourth-order valence-electron chi connectivity index (χ4n) is 2.71. The van der Waals surface area contributed by atoms with E-state index in [0.717, 1.165) is 12.8 Å². The Morgan fingerprint density at radius 3 is 2.72 bits per heavy atom. The number of hydrogen-bond acceptors (Lipinski definition) is 5. The third-order valence-corrected chi connectivity index (χ3v) is 4.95. The van der Waals surface area contributed by atoms with Crippen molar-refractivity contribution in [2.75, 3.05) is 26.8 Å². The number of aliphatic hydroxyl groups excluding tert-OH is 1. The summed E-state index contributed by atoms with van der Waals surface area (Å²) in [5, 5.41) is 12.8. The standard InChI is InChI=1S/C17H25BrN2O5/c1-11(20(2)17(23)15-8-13(18)10-25-15)9-19-16(22)14(21)7-12-3-5-24-6-4-12/h8,10-12,14,21H,3-7,9H2,1-2H3,(H,19,22). The third kappa shape index (κ3) is 5.83.